The van der Waals surface area contributed by atoms with Gasteiger partial charge in [0.05, 0.1) is 10.0 Å². The van der Waals surface area contributed by atoms with Crippen LogP contribution >= 0.6 is 35.0 Å². The third-order valence-corrected chi connectivity index (χ3v) is 2.89. The standard InChI is InChI=1S/C8H7Cl2NOS/c1-13-8(11-12)5-2-3-6(9)7(10)4-5/h2-4,12H,1H3/b11-8-. The van der Waals surface area contributed by atoms with Crippen molar-refractivity contribution in [3.63, 3.8) is 0 Å². The van der Waals surface area contributed by atoms with E-state index in [9.17, 15) is 0 Å². The Labute approximate surface area is 90.5 Å². The largest absolute Gasteiger partial charge is 0.410 e. The fourth-order valence-electron chi connectivity index (χ4n) is 0.846. The number of rotatable bonds is 1. The molecule has 0 aliphatic heterocycles. The first kappa shape index (κ1) is 10.7. The van der Waals surface area contributed by atoms with Crippen molar-refractivity contribution in [1.29, 1.82) is 0 Å². The average Bonchev–Trinajstić information content (AvgIpc) is 2.13. The first-order valence-corrected chi connectivity index (χ1v) is 5.38. The summed E-state index contributed by atoms with van der Waals surface area (Å²) >= 11 is 12.9. The van der Waals surface area contributed by atoms with Crippen LogP contribution in [0.15, 0.2) is 23.4 Å². The molecule has 70 valence electrons. The van der Waals surface area contributed by atoms with Crippen LogP contribution in [0.3, 0.4) is 0 Å². The van der Waals surface area contributed by atoms with Gasteiger partial charge in [0.15, 0.2) is 0 Å². The van der Waals surface area contributed by atoms with Gasteiger partial charge in [0.25, 0.3) is 0 Å². The van der Waals surface area contributed by atoms with Crippen molar-refractivity contribution in [2.45, 2.75) is 0 Å². The second-order valence-corrected chi connectivity index (χ2v) is 3.85. The first-order chi connectivity index (χ1) is 6.19. The van der Waals surface area contributed by atoms with E-state index in [0.717, 1.165) is 5.56 Å². The van der Waals surface area contributed by atoms with Gasteiger partial charge in [0, 0.05) is 5.56 Å². The average molecular weight is 236 g/mol. The normalized spacial score (nSPS) is 11.8. The van der Waals surface area contributed by atoms with Crippen molar-refractivity contribution in [3.05, 3.63) is 33.8 Å². The predicted molar refractivity (Wildman–Crippen MR) is 58.3 cm³/mol. The van der Waals surface area contributed by atoms with Crippen molar-refractivity contribution in [1.82, 2.24) is 0 Å². The quantitative estimate of drug-likeness (QED) is 0.350. The van der Waals surface area contributed by atoms with E-state index in [0.29, 0.717) is 15.1 Å². The molecular weight excluding hydrogens is 229 g/mol. The molecular formula is C8H7Cl2NOS. The molecule has 0 bridgehead atoms. The van der Waals surface area contributed by atoms with Crippen LogP contribution in [0.25, 0.3) is 0 Å². The van der Waals surface area contributed by atoms with E-state index in [4.69, 9.17) is 28.4 Å². The lowest BCUT2D eigenvalue weighted by atomic mass is 10.2. The van der Waals surface area contributed by atoms with Crippen molar-refractivity contribution in [3.8, 4) is 0 Å². The number of hydrogen-bond donors (Lipinski definition) is 1. The zero-order valence-electron chi connectivity index (χ0n) is 6.79. The van der Waals surface area contributed by atoms with Crippen molar-refractivity contribution in [2.75, 3.05) is 6.26 Å². The monoisotopic (exact) mass is 235 g/mol. The van der Waals surface area contributed by atoms with Gasteiger partial charge in [-0.05, 0) is 18.4 Å². The van der Waals surface area contributed by atoms with Gasteiger partial charge in [-0.3, -0.25) is 0 Å². The number of nitrogens with zero attached hydrogens (tertiary/aromatic N) is 1. The molecule has 0 saturated heterocycles. The molecule has 1 rings (SSSR count). The highest BCUT2D eigenvalue weighted by molar-refractivity contribution is 8.13. The van der Waals surface area contributed by atoms with Crippen LogP contribution in [-0.4, -0.2) is 16.5 Å². The Bertz CT molecular complexity index is 341. The molecule has 13 heavy (non-hydrogen) atoms. The fourth-order valence-corrected chi connectivity index (χ4v) is 1.59. The number of benzene rings is 1. The number of halogens is 2. The summed E-state index contributed by atoms with van der Waals surface area (Å²) in [4.78, 5) is 0. The maximum Gasteiger partial charge on any atom is 0.142 e. The van der Waals surface area contributed by atoms with Crippen molar-refractivity contribution in [2.24, 2.45) is 5.16 Å². The molecule has 0 spiro atoms. The minimum atomic E-state index is 0.453. The van der Waals surface area contributed by atoms with Gasteiger partial charge in [0.1, 0.15) is 5.04 Å². The SMILES string of the molecule is CS/C(=N\O)c1ccc(Cl)c(Cl)c1. The summed E-state index contributed by atoms with van der Waals surface area (Å²) in [7, 11) is 0. The highest BCUT2D eigenvalue weighted by Crippen LogP contribution is 2.24. The third-order valence-electron chi connectivity index (χ3n) is 1.45. The minimum Gasteiger partial charge on any atom is -0.410 e. The summed E-state index contributed by atoms with van der Waals surface area (Å²) in [6.45, 7) is 0. The zero-order valence-corrected chi connectivity index (χ0v) is 9.12. The Kier molecular flexibility index (Phi) is 3.90. The molecule has 5 heteroatoms. The number of hydrogen-bond acceptors (Lipinski definition) is 3. The van der Waals surface area contributed by atoms with Crippen molar-refractivity contribution >= 4 is 40.0 Å². The van der Waals surface area contributed by atoms with E-state index >= 15 is 0 Å². The summed E-state index contributed by atoms with van der Waals surface area (Å²) in [6.07, 6.45) is 1.82. The third kappa shape index (κ3) is 2.53. The molecule has 1 aromatic rings. The van der Waals surface area contributed by atoms with E-state index in [1.807, 2.05) is 6.26 Å². The van der Waals surface area contributed by atoms with Crippen LogP contribution in [0, 0.1) is 0 Å². The zero-order chi connectivity index (χ0) is 9.84. The Morgan fingerprint density at radius 3 is 2.54 bits per heavy atom. The molecule has 0 unspecified atom stereocenters. The van der Waals surface area contributed by atoms with E-state index in [1.165, 1.54) is 11.8 Å². The second kappa shape index (κ2) is 4.74. The summed E-state index contributed by atoms with van der Waals surface area (Å²) in [5, 5.41) is 13.2. The van der Waals surface area contributed by atoms with Crippen LogP contribution in [0.4, 0.5) is 0 Å². The van der Waals surface area contributed by atoms with Gasteiger partial charge in [-0.25, -0.2) is 0 Å². The molecule has 0 amide bonds. The molecule has 0 aliphatic carbocycles. The molecule has 0 aromatic heterocycles. The van der Waals surface area contributed by atoms with E-state index in [1.54, 1.807) is 18.2 Å². The topological polar surface area (TPSA) is 32.6 Å². The van der Waals surface area contributed by atoms with Gasteiger partial charge in [-0.1, -0.05) is 34.4 Å². The Balaban J connectivity index is 3.10. The minimum absolute atomic E-state index is 0.453. The highest BCUT2D eigenvalue weighted by atomic mass is 35.5. The molecule has 2 nitrogen and oxygen atoms in total. The fraction of sp³-hybridized carbons (Fsp3) is 0.125. The molecule has 0 atom stereocenters. The first-order valence-electron chi connectivity index (χ1n) is 3.40. The number of oxime groups is 1. The van der Waals surface area contributed by atoms with Crippen LogP contribution in [0.1, 0.15) is 5.56 Å². The molecule has 1 aromatic carbocycles. The molecule has 1 N–H and O–H groups in total. The van der Waals surface area contributed by atoms with Crippen LogP contribution in [0.5, 0.6) is 0 Å². The lowest BCUT2D eigenvalue weighted by Crippen LogP contribution is -1.94. The second-order valence-electron chi connectivity index (χ2n) is 2.24. The highest BCUT2D eigenvalue weighted by Gasteiger charge is 2.05. The maximum absolute atomic E-state index is 8.63. The molecule has 0 heterocycles. The molecule has 0 radical (unpaired) electrons. The van der Waals surface area contributed by atoms with Crippen LogP contribution in [-0.2, 0) is 0 Å². The van der Waals surface area contributed by atoms with Crippen LogP contribution < -0.4 is 0 Å². The predicted octanol–water partition coefficient (Wildman–Crippen LogP) is 3.49. The summed E-state index contributed by atoms with van der Waals surface area (Å²) in [5.74, 6) is 0. The Morgan fingerprint density at radius 2 is 2.08 bits per heavy atom. The van der Waals surface area contributed by atoms with Gasteiger partial charge in [-0.2, -0.15) is 0 Å². The smallest absolute Gasteiger partial charge is 0.142 e. The van der Waals surface area contributed by atoms with Crippen molar-refractivity contribution < 1.29 is 5.21 Å². The number of thioether (sulfide) groups is 1. The summed E-state index contributed by atoms with van der Waals surface area (Å²) in [6, 6.07) is 5.08. The lowest BCUT2D eigenvalue weighted by Gasteiger charge is -2.02. The molecule has 0 aliphatic rings. The Hall–Kier alpha value is -0.380. The van der Waals surface area contributed by atoms with E-state index < -0.39 is 0 Å². The van der Waals surface area contributed by atoms with Gasteiger partial charge in [0.2, 0.25) is 0 Å². The van der Waals surface area contributed by atoms with Gasteiger partial charge in [-0.15, -0.1) is 11.8 Å². The summed E-state index contributed by atoms with van der Waals surface area (Å²) < 4.78 is 0. The van der Waals surface area contributed by atoms with E-state index in [-0.39, 0.29) is 0 Å². The van der Waals surface area contributed by atoms with Crippen LogP contribution in [0.2, 0.25) is 10.0 Å². The molecule has 0 fully saturated rings. The lowest BCUT2D eigenvalue weighted by molar-refractivity contribution is 0.321. The van der Waals surface area contributed by atoms with Gasteiger partial charge < -0.3 is 5.21 Å². The molecule has 0 saturated carbocycles. The Morgan fingerprint density at radius 1 is 1.38 bits per heavy atom. The maximum atomic E-state index is 8.63. The van der Waals surface area contributed by atoms with E-state index in [2.05, 4.69) is 5.16 Å². The summed E-state index contributed by atoms with van der Waals surface area (Å²) in [5.41, 5.74) is 0.754. The van der Waals surface area contributed by atoms with Gasteiger partial charge >= 0.3 is 0 Å².